The van der Waals surface area contributed by atoms with Gasteiger partial charge in [0.15, 0.2) is 0 Å². The van der Waals surface area contributed by atoms with Gasteiger partial charge in [-0.3, -0.25) is 0 Å². The van der Waals surface area contributed by atoms with Crippen LogP contribution in [0.4, 0.5) is 4.79 Å². The summed E-state index contributed by atoms with van der Waals surface area (Å²) in [6.07, 6.45) is -1.26. The van der Waals surface area contributed by atoms with Crippen molar-refractivity contribution in [2.45, 2.75) is 13.8 Å². The maximum Gasteiger partial charge on any atom is 0.519 e. The van der Waals surface area contributed by atoms with E-state index in [1.54, 1.807) is 74.5 Å². The monoisotopic (exact) mass is 626 g/mol. The van der Waals surface area contributed by atoms with Gasteiger partial charge < -0.3 is 28.4 Å². The van der Waals surface area contributed by atoms with Crippen molar-refractivity contribution in [1.29, 1.82) is 0 Å². The third-order valence-corrected chi connectivity index (χ3v) is 6.62. The smallest absolute Gasteiger partial charge is 0.465 e. The Kier molecular flexibility index (Phi) is 10.9. The summed E-state index contributed by atoms with van der Waals surface area (Å²) in [5, 5.41) is 0. The molecule has 4 aromatic rings. The maximum atomic E-state index is 13.1. The summed E-state index contributed by atoms with van der Waals surface area (Å²) in [4.78, 5) is 63.5. The standard InChI is InChI=1S/C35H30O11/c1-5-43-33(38)27-19-21(23-11-7-9-13-25(23)31(36)41-3)15-17-29(27)45-35(40)46-30-18-16-22(20-28(30)34(39)44-6-2)24-12-8-10-14-26(24)32(37)42-4/h7-20H,5-6H2,1-4H3. The van der Waals surface area contributed by atoms with E-state index in [0.29, 0.717) is 22.3 Å². The van der Waals surface area contributed by atoms with E-state index in [2.05, 4.69) is 0 Å². The number of methoxy groups -OCH3 is 2. The number of hydrogen-bond acceptors (Lipinski definition) is 11. The van der Waals surface area contributed by atoms with Crippen LogP contribution in [0.3, 0.4) is 0 Å². The molecular formula is C35H30O11. The number of esters is 4. The fourth-order valence-corrected chi connectivity index (χ4v) is 4.56. The minimum atomic E-state index is -1.26. The first-order chi connectivity index (χ1) is 22.2. The number of benzene rings is 4. The summed E-state index contributed by atoms with van der Waals surface area (Å²) in [6.45, 7) is 3.32. The third-order valence-electron chi connectivity index (χ3n) is 6.62. The van der Waals surface area contributed by atoms with Gasteiger partial charge in [-0.2, -0.15) is 0 Å². The summed E-state index contributed by atoms with van der Waals surface area (Å²) in [7, 11) is 2.52. The number of carbonyl (C=O) groups excluding carboxylic acids is 5. The molecule has 4 rings (SSSR count). The molecule has 0 saturated heterocycles. The van der Waals surface area contributed by atoms with Crippen LogP contribution in [0.5, 0.6) is 11.5 Å². The lowest BCUT2D eigenvalue weighted by Gasteiger charge is -2.15. The van der Waals surface area contributed by atoms with Crippen molar-refractivity contribution in [3.63, 3.8) is 0 Å². The molecule has 0 aliphatic rings. The predicted octanol–water partition coefficient (Wildman–Crippen LogP) is 6.53. The van der Waals surface area contributed by atoms with E-state index >= 15 is 0 Å². The predicted molar refractivity (Wildman–Crippen MR) is 165 cm³/mol. The molecule has 236 valence electrons. The molecule has 0 spiro atoms. The molecule has 0 atom stereocenters. The Labute approximate surface area is 264 Å². The summed E-state index contributed by atoms with van der Waals surface area (Å²) in [5.41, 5.74) is 2.15. The summed E-state index contributed by atoms with van der Waals surface area (Å²) >= 11 is 0. The fourth-order valence-electron chi connectivity index (χ4n) is 4.56. The van der Waals surface area contributed by atoms with Gasteiger partial charge in [0.1, 0.15) is 22.6 Å². The van der Waals surface area contributed by atoms with E-state index in [1.807, 2.05) is 0 Å². The number of carbonyl (C=O) groups is 5. The van der Waals surface area contributed by atoms with Crippen LogP contribution in [-0.2, 0) is 18.9 Å². The summed E-state index contributed by atoms with van der Waals surface area (Å²) in [5.74, 6) is -3.11. The Bertz CT molecular complexity index is 1660. The first-order valence-corrected chi connectivity index (χ1v) is 14.1. The van der Waals surface area contributed by atoms with Crippen molar-refractivity contribution in [3.8, 4) is 33.8 Å². The molecular weight excluding hydrogens is 596 g/mol. The second-order valence-electron chi connectivity index (χ2n) is 9.39. The van der Waals surface area contributed by atoms with Gasteiger partial charge in [-0.1, -0.05) is 48.5 Å². The van der Waals surface area contributed by atoms with Crippen LogP contribution in [0.25, 0.3) is 22.3 Å². The molecule has 4 aromatic carbocycles. The van der Waals surface area contributed by atoms with Gasteiger partial charge in [0.25, 0.3) is 0 Å². The van der Waals surface area contributed by atoms with Crippen LogP contribution in [0.1, 0.15) is 55.3 Å². The molecule has 0 N–H and O–H groups in total. The molecule has 0 aromatic heterocycles. The molecule has 0 amide bonds. The Morgan fingerprint density at radius 2 is 0.891 bits per heavy atom. The van der Waals surface area contributed by atoms with Gasteiger partial charge in [0, 0.05) is 0 Å². The van der Waals surface area contributed by atoms with Gasteiger partial charge >= 0.3 is 30.0 Å². The van der Waals surface area contributed by atoms with Crippen LogP contribution in [0.2, 0.25) is 0 Å². The SMILES string of the molecule is CCOC(=O)c1cc(-c2ccccc2C(=O)OC)ccc1OC(=O)Oc1ccc(-c2ccccc2C(=O)OC)cc1C(=O)OCC. The van der Waals surface area contributed by atoms with Crippen molar-refractivity contribution in [3.05, 3.63) is 107 Å². The Hall–Kier alpha value is -5.97. The zero-order valence-corrected chi connectivity index (χ0v) is 25.5. The first-order valence-electron chi connectivity index (χ1n) is 14.1. The van der Waals surface area contributed by atoms with Crippen LogP contribution in [0.15, 0.2) is 84.9 Å². The minimum absolute atomic E-state index is 0.0417. The number of rotatable bonds is 10. The third kappa shape index (κ3) is 7.39. The highest BCUT2D eigenvalue weighted by Crippen LogP contribution is 2.33. The van der Waals surface area contributed by atoms with E-state index in [0.717, 1.165) is 0 Å². The molecule has 0 fully saturated rings. The zero-order valence-electron chi connectivity index (χ0n) is 25.5. The lowest BCUT2D eigenvalue weighted by Crippen LogP contribution is -2.18. The molecule has 0 aliphatic carbocycles. The molecule has 11 heteroatoms. The fraction of sp³-hybridized carbons (Fsp3) is 0.171. The quantitative estimate of drug-likeness (QED) is 0.108. The normalized spacial score (nSPS) is 10.3. The highest BCUT2D eigenvalue weighted by atomic mass is 16.7. The summed E-state index contributed by atoms with van der Waals surface area (Å²) < 4.78 is 30.9. The van der Waals surface area contributed by atoms with Gasteiger partial charge in [-0.15, -0.1) is 0 Å². The Balaban J connectivity index is 1.69. The highest BCUT2D eigenvalue weighted by molar-refractivity contribution is 6.01. The Morgan fingerprint density at radius 1 is 0.500 bits per heavy atom. The second-order valence-corrected chi connectivity index (χ2v) is 9.39. The van der Waals surface area contributed by atoms with Crippen molar-refractivity contribution in [2.75, 3.05) is 27.4 Å². The Morgan fingerprint density at radius 3 is 1.26 bits per heavy atom. The molecule has 0 aliphatic heterocycles. The average Bonchev–Trinajstić information content (AvgIpc) is 3.08. The van der Waals surface area contributed by atoms with E-state index in [9.17, 15) is 24.0 Å². The van der Waals surface area contributed by atoms with E-state index in [-0.39, 0.29) is 47.0 Å². The lowest BCUT2D eigenvalue weighted by atomic mass is 9.97. The van der Waals surface area contributed by atoms with Gasteiger partial charge in [0.2, 0.25) is 0 Å². The molecule has 0 radical (unpaired) electrons. The van der Waals surface area contributed by atoms with Crippen LogP contribution < -0.4 is 9.47 Å². The van der Waals surface area contributed by atoms with Crippen LogP contribution in [-0.4, -0.2) is 57.5 Å². The molecule has 0 bridgehead atoms. The average molecular weight is 627 g/mol. The molecule has 0 heterocycles. The van der Waals surface area contributed by atoms with E-state index in [1.165, 1.54) is 38.5 Å². The van der Waals surface area contributed by atoms with Crippen molar-refractivity contribution < 1.29 is 52.4 Å². The first kappa shape index (κ1) is 32.9. The van der Waals surface area contributed by atoms with Crippen molar-refractivity contribution in [1.82, 2.24) is 0 Å². The number of hydrogen-bond donors (Lipinski definition) is 0. The van der Waals surface area contributed by atoms with Crippen LogP contribution >= 0.6 is 0 Å². The molecule has 0 unspecified atom stereocenters. The van der Waals surface area contributed by atoms with Gasteiger partial charge in [0.05, 0.1) is 38.6 Å². The van der Waals surface area contributed by atoms with Gasteiger partial charge in [-0.05, 0) is 72.5 Å². The van der Waals surface area contributed by atoms with E-state index in [4.69, 9.17) is 28.4 Å². The van der Waals surface area contributed by atoms with Crippen LogP contribution in [0, 0.1) is 0 Å². The molecule has 46 heavy (non-hydrogen) atoms. The molecule has 11 nitrogen and oxygen atoms in total. The summed E-state index contributed by atoms with van der Waals surface area (Å²) in [6, 6.07) is 21.9. The maximum absolute atomic E-state index is 13.1. The highest BCUT2D eigenvalue weighted by Gasteiger charge is 2.24. The van der Waals surface area contributed by atoms with E-state index < -0.39 is 30.0 Å². The minimum Gasteiger partial charge on any atom is -0.465 e. The topological polar surface area (TPSA) is 141 Å². The van der Waals surface area contributed by atoms with Gasteiger partial charge in [-0.25, -0.2) is 24.0 Å². The lowest BCUT2D eigenvalue weighted by molar-refractivity contribution is 0.0515. The van der Waals surface area contributed by atoms with Crippen molar-refractivity contribution in [2.24, 2.45) is 0 Å². The zero-order chi connectivity index (χ0) is 33.2. The second kappa shape index (κ2) is 15.2. The number of ether oxygens (including phenoxy) is 6. The molecule has 0 saturated carbocycles. The van der Waals surface area contributed by atoms with Crippen molar-refractivity contribution >= 4 is 30.0 Å². The largest absolute Gasteiger partial charge is 0.519 e.